The Labute approximate surface area is 211 Å². The van der Waals surface area contributed by atoms with Gasteiger partial charge in [0.15, 0.2) is 11.6 Å². The number of nitrogens with zero attached hydrogens (tertiary/aromatic N) is 4. The first-order valence-electron chi connectivity index (χ1n) is 11.7. The number of hydrogen-bond donors (Lipinski definition) is 3. The van der Waals surface area contributed by atoms with Crippen molar-refractivity contribution in [3.63, 3.8) is 0 Å². The van der Waals surface area contributed by atoms with Gasteiger partial charge in [0.05, 0.1) is 29.7 Å². The van der Waals surface area contributed by atoms with Crippen molar-refractivity contribution >= 4 is 28.2 Å². The first-order chi connectivity index (χ1) is 18.1. The van der Waals surface area contributed by atoms with E-state index in [2.05, 4.69) is 26.1 Å². The van der Waals surface area contributed by atoms with Gasteiger partial charge in [-0.15, -0.1) is 5.53 Å². The Bertz CT molecular complexity index is 1480. The van der Waals surface area contributed by atoms with Crippen LogP contribution in [-0.4, -0.2) is 46.3 Å². The van der Waals surface area contributed by atoms with Crippen molar-refractivity contribution in [3.05, 3.63) is 89.3 Å². The summed E-state index contributed by atoms with van der Waals surface area (Å²) in [7, 11) is 1.56. The quantitative estimate of drug-likeness (QED) is 0.332. The molecule has 2 aromatic carbocycles. The van der Waals surface area contributed by atoms with Gasteiger partial charge in [-0.05, 0) is 47.5 Å². The third kappa shape index (κ3) is 4.34. The fourth-order valence-electron chi connectivity index (χ4n) is 4.45. The average molecular weight is 502 g/mol. The number of anilines is 1. The molecule has 188 valence electrons. The molecule has 0 saturated carbocycles. The monoisotopic (exact) mass is 501 g/mol. The second-order valence-corrected chi connectivity index (χ2v) is 8.74. The van der Waals surface area contributed by atoms with Crippen LogP contribution in [-0.2, 0) is 17.8 Å². The Hall–Kier alpha value is -4.48. The summed E-state index contributed by atoms with van der Waals surface area (Å²) >= 11 is 0. The van der Waals surface area contributed by atoms with Crippen LogP contribution in [0.5, 0.6) is 5.75 Å². The van der Waals surface area contributed by atoms with E-state index in [1.54, 1.807) is 36.5 Å². The number of aromatic amines is 1. The molecule has 2 aliphatic heterocycles. The van der Waals surface area contributed by atoms with Gasteiger partial charge in [-0.25, -0.2) is 4.39 Å². The predicted molar refractivity (Wildman–Crippen MR) is 134 cm³/mol. The molecular formula is C26H24FN7O3. The number of pyridine rings is 1. The van der Waals surface area contributed by atoms with E-state index < -0.39 is 5.82 Å². The third-order valence-electron chi connectivity index (χ3n) is 6.39. The number of benzene rings is 2. The lowest BCUT2D eigenvalue weighted by atomic mass is 10.1. The fraction of sp³-hybridized carbons (Fsp3) is 0.192. The summed E-state index contributed by atoms with van der Waals surface area (Å²) in [4.78, 5) is 19.0. The number of carbonyl (C=O) groups excluding carboxylic acids is 1. The molecule has 0 radical (unpaired) electrons. The molecule has 0 bridgehead atoms. The number of H-pyrrole nitrogens is 1. The highest BCUT2D eigenvalue weighted by molar-refractivity contribution is 5.95. The van der Waals surface area contributed by atoms with Crippen molar-refractivity contribution in [2.75, 3.05) is 25.3 Å². The number of methoxy groups -OCH3 is 1. The van der Waals surface area contributed by atoms with E-state index in [9.17, 15) is 9.18 Å². The molecule has 2 aromatic heterocycles. The average Bonchev–Trinajstić information content (AvgIpc) is 3.66. The van der Waals surface area contributed by atoms with Gasteiger partial charge in [-0.1, -0.05) is 0 Å². The highest BCUT2D eigenvalue weighted by atomic mass is 19.1. The Morgan fingerprint density at radius 3 is 2.76 bits per heavy atom. The molecule has 0 aliphatic carbocycles. The van der Waals surface area contributed by atoms with E-state index >= 15 is 0 Å². The van der Waals surface area contributed by atoms with Crippen LogP contribution in [0.3, 0.4) is 0 Å². The van der Waals surface area contributed by atoms with Crippen LogP contribution in [0.25, 0.3) is 16.6 Å². The van der Waals surface area contributed by atoms with Crippen LogP contribution in [0.1, 0.15) is 27.2 Å². The number of fused-ring (bicyclic) bond motifs is 2. The zero-order chi connectivity index (χ0) is 25.4. The molecule has 3 N–H and O–H groups in total. The van der Waals surface area contributed by atoms with Crippen molar-refractivity contribution < 1.29 is 18.7 Å². The van der Waals surface area contributed by atoms with Gasteiger partial charge in [0, 0.05) is 49.6 Å². The largest absolute Gasteiger partial charge is 0.488 e. The van der Waals surface area contributed by atoms with Gasteiger partial charge >= 0.3 is 0 Å². The van der Waals surface area contributed by atoms with E-state index in [-0.39, 0.29) is 18.3 Å². The maximum atomic E-state index is 14.6. The standard InChI is InChI=1S/C26H24FN7O3/c1-36-8-9-37-24-11-22-20(10-21(24)27)25(31-29-22)23-15-34(32-30-23)19-4-2-16(3-5-19)26(35)33-13-17-6-7-28-12-18(17)14-33/h2-7,10-12,15,30,32H,8-9,13-14H2,1H3,(H,29,31). The third-order valence-corrected chi connectivity index (χ3v) is 6.39. The second-order valence-electron chi connectivity index (χ2n) is 8.74. The van der Waals surface area contributed by atoms with Crippen molar-refractivity contribution in [1.82, 2.24) is 31.0 Å². The van der Waals surface area contributed by atoms with Gasteiger partial charge in [0.2, 0.25) is 0 Å². The van der Waals surface area contributed by atoms with E-state index in [4.69, 9.17) is 9.47 Å². The molecule has 0 fully saturated rings. The number of hydrazine groups is 2. The number of carbonyl (C=O) groups is 1. The van der Waals surface area contributed by atoms with Gasteiger partial charge in [0.25, 0.3) is 5.91 Å². The second kappa shape index (κ2) is 9.52. The Morgan fingerprint density at radius 1 is 1.11 bits per heavy atom. The molecule has 11 heteroatoms. The Kier molecular flexibility index (Phi) is 5.91. The van der Waals surface area contributed by atoms with E-state index in [1.165, 1.54) is 6.07 Å². The van der Waals surface area contributed by atoms with Gasteiger partial charge in [0.1, 0.15) is 12.3 Å². The van der Waals surface area contributed by atoms with Crippen LogP contribution in [0, 0.1) is 5.82 Å². The molecule has 0 atom stereocenters. The number of hydrogen-bond acceptors (Lipinski definition) is 8. The minimum absolute atomic E-state index is 0.0259. The Balaban J connectivity index is 1.17. The maximum absolute atomic E-state index is 14.6. The van der Waals surface area contributed by atoms with E-state index in [1.807, 2.05) is 35.5 Å². The highest BCUT2D eigenvalue weighted by Gasteiger charge is 2.25. The van der Waals surface area contributed by atoms with Crippen LogP contribution in [0.15, 0.2) is 61.1 Å². The van der Waals surface area contributed by atoms with Crippen LogP contribution in [0.2, 0.25) is 0 Å². The van der Waals surface area contributed by atoms with Crippen molar-refractivity contribution in [2.24, 2.45) is 0 Å². The SMILES string of the molecule is COCCOc1cc2[nH]nc(C3=CN(c4ccc(C(=O)N5Cc6ccncc6C5)cc4)NN3)c2cc1F. The fourth-order valence-corrected chi connectivity index (χ4v) is 4.45. The number of halogens is 1. The van der Waals surface area contributed by atoms with Crippen molar-refractivity contribution in [1.29, 1.82) is 0 Å². The molecule has 0 saturated heterocycles. The van der Waals surface area contributed by atoms with Crippen molar-refractivity contribution in [2.45, 2.75) is 13.1 Å². The molecule has 10 nitrogen and oxygen atoms in total. The normalized spacial score (nSPS) is 14.6. The number of nitrogens with one attached hydrogen (secondary N) is 3. The summed E-state index contributed by atoms with van der Waals surface area (Å²) in [6, 6.07) is 12.3. The summed E-state index contributed by atoms with van der Waals surface area (Å²) in [5, 5.41) is 9.67. The number of rotatable bonds is 7. The smallest absolute Gasteiger partial charge is 0.254 e. The van der Waals surface area contributed by atoms with Gasteiger partial charge in [-0.2, -0.15) is 5.10 Å². The first kappa shape index (κ1) is 23.0. The van der Waals surface area contributed by atoms with Crippen LogP contribution < -0.4 is 20.7 Å². The molecule has 4 aromatic rings. The van der Waals surface area contributed by atoms with E-state index in [0.717, 1.165) is 16.8 Å². The molecule has 2 aliphatic rings. The molecule has 0 spiro atoms. The molecule has 1 amide bonds. The number of aromatic nitrogens is 3. The number of amides is 1. The summed E-state index contributed by atoms with van der Waals surface area (Å²) in [5.41, 5.74) is 11.6. The van der Waals surface area contributed by atoms with Gasteiger partial charge < -0.3 is 14.4 Å². The molecule has 0 unspecified atom stereocenters. The van der Waals surface area contributed by atoms with Gasteiger partial charge in [-0.3, -0.25) is 25.3 Å². The minimum Gasteiger partial charge on any atom is -0.488 e. The summed E-state index contributed by atoms with van der Waals surface area (Å²) in [5.74, 6) is -0.369. The predicted octanol–water partition coefficient (Wildman–Crippen LogP) is 3.11. The molecular weight excluding hydrogens is 477 g/mol. The lowest BCUT2D eigenvalue weighted by molar-refractivity contribution is 0.0751. The summed E-state index contributed by atoms with van der Waals surface area (Å²) < 4.78 is 25.0. The number of ether oxygens (including phenoxy) is 2. The van der Waals surface area contributed by atoms with Crippen molar-refractivity contribution in [3.8, 4) is 5.75 Å². The van der Waals surface area contributed by atoms with Crippen LogP contribution >= 0.6 is 0 Å². The zero-order valence-electron chi connectivity index (χ0n) is 20.0. The first-order valence-corrected chi connectivity index (χ1v) is 11.7. The lowest BCUT2D eigenvalue weighted by Crippen LogP contribution is -2.36. The lowest BCUT2D eigenvalue weighted by Gasteiger charge is -2.18. The molecule has 37 heavy (non-hydrogen) atoms. The molecule has 4 heterocycles. The Morgan fingerprint density at radius 2 is 1.95 bits per heavy atom. The summed E-state index contributed by atoms with van der Waals surface area (Å²) in [6.45, 7) is 1.76. The minimum atomic E-state index is -0.479. The highest BCUT2D eigenvalue weighted by Crippen LogP contribution is 2.30. The topological polar surface area (TPSA) is 108 Å². The summed E-state index contributed by atoms with van der Waals surface area (Å²) in [6.07, 6.45) is 5.38. The molecule has 6 rings (SSSR count). The van der Waals surface area contributed by atoms with Crippen LogP contribution in [0.4, 0.5) is 10.1 Å². The zero-order valence-corrected chi connectivity index (χ0v) is 20.0. The maximum Gasteiger partial charge on any atom is 0.254 e. The van der Waals surface area contributed by atoms with E-state index in [0.29, 0.717) is 47.6 Å².